The van der Waals surface area contributed by atoms with Crippen molar-refractivity contribution in [2.75, 3.05) is 5.33 Å². The van der Waals surface area contributed by atoms with Crippen LogP contribution in [0.5, 0.6) is 0 Å². The molecule has 0 heterocycles. The standard InChI is InChI=1S/C6H8Br2O2/c1-4(6(9)10)5(8)2-3-7/h5H,1-3H2,(H,9,10). The van der Waals surface area contributed by atoms with Crippen LogP contribution < -0.4 is 0 Å². The summed E-state index contributed by atoms with van der Waals surface area (Å²) in [5, 5.41) is 9.21. The summed E-state index contributed by atoms with van der Waals surface area (Å²) in [5.74, 6) is -0.942. The van der Waals surface area contributed by atoms with Gasteiger partial charge in [0.25, 0.3) is 0 Å². The van der Waals surface area contributed by atoms with Gasteiger partial charge in [0, 0.05) is 15.7 Å². The normalized spacial score (nSPS) is 12.6. The zero-order chi connectivity index (χ0) is 8.15. The van der Waals surface area contributed by atoms with E-state index in [1.165, 1.54) is 0 Å². The van der Waals surface area contributed by atoms with E-state index in [1.807, 2.05) is 0 Å². The number of aliphatic carboxylic acids is 1. The number of carbonyl (C=O) groups is 1. The molecule has 0 saturated carbocycles. The fourth-order valence-corrected chi connectivity index (χ4v) is 1.90. The molecule has 0 rings (SSSR count). The molecule has 0 aliphatic carbocycles. The fourth-order valence-electron chi connectivity index (χ4n) is 0.404. The molecule has 0 aliphatic heterocycles. The molecule has 0 amide bonds. The van der Waals surface area contributed by atoms with Crippen molar-refractivity contribution in [3.8, 4) is 0 Å². The molecule has 0 radical (unpaired) electrons. The molecule has 0 saturated heterocycles. The molecule has 0 aliphatic rings. The minimum atomic E-state index is -0.942. The van der Waals surface area contributed by atoms with Crippen LogP contribution in [0.15, 0.2) is 12.2 Å². The van der Waals surface area contributed by atoms with E-state index in [-0.39, 0.29) is 10.4 Å². The monoisotopic (exact) mass is 270 g/mol. The van der Waals surface area contributed by atoms with E-state index in [0.29, 0.717) is 0 Å². The molecule has 0 aromatic rings. The largest absolute Gasteiger partial charge is 0.478 e. The second-order valence-corrected chi connectivity index (χ2v) is 3.67. The highest BCUT2D eigenvalue weighted by atomic mass is 79.9. The van der Waals surface area contributed by atoms with Crippen LogP contribution in [0.2, 0.25) is 0 Å². The van der Waals surface area contributed by atoms with Crippen molar-refractivity contribution in [1.82, 2.24) is 0 Å². The molecule has 0 aromatic heterocycles. The van der Waals surface area contributed by atoms with Gasteiger partial charge in [0.05, 0.1) is 0 Å². The lowest BCUT2D eigenvalue weighted by atomic mass is 10.2. The second-order valence-electron chi connectivity index (χ2n) is 1.78. The predicted molar refractivity (Wildman–Crippen MR) is 47.9 cm³/mol. The van der Waals surface area contributed by atoms with E-state index in [2.05, 4.69) is 38.4 Å². The molecule has 58 valence electrons. The number of carboxylic acids is 1. The molecule has 0 spiro atoms. The van der Waals surface area contributed by atoms with Crippen LogP contribution in [-0.4, -0.2) is 21.2 Å². The molecule has 4 heteroatoms. The molecule has 1 atom stereocenters. The molecule has 10 heavy (non-hydrogen) atoms. The molecular formula is C6H8Br2O2. The van der Waals surface area contributed by atoms with E-state index >= 15 is 0 Å². The summed E-state index contributed by atoms with van der Waals surface area (Å²) in [6, 6.07) is 0. The summed E-state index contributed by atoms with van der Waals surface area (Å²) < 4.78 is 0. The Balaban J connectivity index is 3.82. The Hall–Kier alpha value is 0.170. The molecule has 1 unspecified atom stereocenters. The summed E-state index contributed by atoms with van der Waals surface area (Å²) in [4.78, 5) is 10.1. The van der Waals surface area contributed by atoms with Gasteiger partial charge in [-0.05, 0) is 6.42 Å². The van der Waals surface area contributed by atoms with E-state index in [9.17, 15) is 4.79 Å². The maximum absolute atomic E-state index is 10.3. The number of hydrogen-bond donors (Lipinski definition) is 1. The van der Waals surface area contributed by atoms with E-state index in [4.69, 9.17) is 5.11 Å². The van der Waals surface area contributed by atoms with Gasteiger partial charge in [-0.1, -0.05) is 38.4 Å². The van der Waals surface area contributed by atoms with Crippen molar-refractivity contribution in [3.05, 3.63) is 12.2 Å². The summed E-state index contributed by atoms with van der Waals surface area (Å²) in [6.07, 6.45) is 0.741. The van der Waals surface area contributed by atoms with Crippen LogP contribution in [-0.2, 0) is 4.79 Å². The fraction of sp³-hybridized carbons (Fsp3) is 0.500. The minimum Gasteiger partial charge on any atom is -0.478 e. The van der Waals surface area contributed by atoms with E-state index in [1.54, 1.807) is 0 Å². The summed E-state index contributed by atoms with van der Waals surface area (Å²) in [5.41, 5.74) is 0.208. The Kier molecular flexibility index (Phi) is 4.99. The summed E-state index contributed by atoms with van der Waals surface area (Å²) >= 11 is 6.40. The van der Waals surface area contributed by atoms with E-state index in [0.717, 1.165) is 11.8 Å². The topological polar surface area (TPSA) is 37.3 Å². The third kappa shape index (κ3) is 3.37. The predicted octanol–water partition coefficient (Wildman–Crippen LogP) is 2.18. The Bertz CT molecular complexity index is 145. The van der Waals surface area contributed by atoms with Crippen molar-refractivity contribution in [2.24, 2.45) is 0 Å². The lowest BCUT2D eigenvalue weighted by Gasteiger charge is -2.05. The van der Waals surface area contributed by atoms with Gasteiger partial charge >= 0.3 is 5.97 Å². The maximum Gasteiger partial charge on any atom is 0.332 e. The van der Waals surface area contributed by atoms with Crippen LogP contribution in [0.4, 0.5) is 0 Å². The minimum absolute atomic E-state index is 0.121. The third-order valence-electron chi connectivity index (χ3n) is 1.02. The first-order valence-corrected chi connectivity index (χ1v) is 4.75. The molecular weight excluding hydrogens is 264 g/mol. The van der Waals surface area contributed by atoms with Crippen molar-refractivity contribution in [1.29, 1.82) is 0 Å². The molecule has 1 N–H and O–H groups in total. The van der Waals surface area contributed by atoms with Gasteiger partial charge in [0.15, 0.2) is 0 Å². The highest BCUT2D eigenvalue weighted by Gasteiger charge is 2.13. The number of alkyl halides is 2. The van der Waals surface area contributed by atoms with Crippen LogP contribution in [0.25, 0.3) is 0 Å². The number of halogens is 2. The summed E-state index contributed by atoms with van der Waals surface area (Å²) in [6.45, 7) is 3.41. The Labute approximate surface area is 76.6 Å². The average molecular weight is 272 g/mol. The van der Waals surface area contributed by atoms with Crippen molar-refractivity contribution < 1.29 is 9.90 Å². The number of hydrogen-bond acceptors (Lipinski definition) is 1. The van der Waals surface area contributed by atoms with Gasteiger partial charge in [-0.15, -0.1) is 0 Å². The second kappa shape index (κ2) is 4.91. The quantitative estimate of drug-likeness (QED) is 0.629. The summed E-state index contributed by atoms with van der Waals surface area (Å²) in [7, 11) is 0. The lowest BCUT2D eigenvalue weighted by molar-refractivity contribution is -0.132. The van der Waals surface area contributed by atoms with Gasteiger partial charge in [-0.3, -0.25) is 0 Å². The van der Waals surface area contributed by atoms with Gasteiger partial charge in [0.2, 0.25) is 0 Å². The smallest absolute Gasteiger partial charge is 0.332 e. The first-order chi connectivity index (χ1) is 4.59. The lowest BCUT2D eigenvalue weighted by Crippen LogP contribution is -2.11. The van der Waals surface area contributed by atoms with Gasteiger partial charge in [0.1, 0.15) is 0 Å². The SMILES string of the molecule is C=C(C(=O)O)C(Br)CCBr. The third-order valence-corrected chi connectivity index (χ3v) is 2.48. The van der Waals surface area contributed by atoms with Crippen LogP contribution in [0.3, 0.4) is 0 Å². The zero-order valence-electron chi connectivity index (χ0n) is 5.31. The van der Waals surface area contributed by atoms with Crippen molar-refractivity contribution in [2.45, 2.75) is 11.2 Å². The van der Waals surface area contributed by atoms with Gasteiger partial charge < -0.3 is 5.11 Å². The van der Waals surface area contributed by atoms with Crippen LogP contribution in [0.1, 0.15) is 6.42 Å². The maximum atomic E-state index is 10.3. The van der Waals surface area contributed by atoms with E-state index < -0.39 is 5.97 Å². The average Bonchev–Trinajstić information content (AvgIpc) is 1.87. The van der Waals surface area contributed by atoms with Gasteiger partial charge in [-0.2, -0.15) is 0 Å². The molecule has 0 bridgehead atoms. The van der Waals surface area contributed by atoms with Crippen molar-refractivity contribution in [3.63, 3.8) is 0 Å². The molecule has 0 aromatic carbocycles. The number of rotatable bonds is 4. The van der Waals surface area contributed by atoms with Gasteiger partial charge in [-0.25, -0.2) is 4.79 Å². The zero-order valence-corrected chi connectivity index (χ0v) is 8.48. The van der Waals surface area contributed by atoms with Crippen LogP contribution in [0, 0.1) is 0 Å². The Morgan fingerprint density at radius 3 is 2.50 bits per heavy atom. The first kappa shape index (κ1) is 10.2. The van der Waals surface area contributed by atoms with Crippen LogP contribution >= 0.6 is 31.9 Å². The molecule has 2 nitrogen and oxygen atoms in total. The number of carboxylic acid groups (broad SMARTS) is 1. The first-order valence-electron chi connectivity index (χ1n) is 2.71. The van der Waals surface area contributed by atoms with Crippen molar-refractivity contribution >= 4 is 37.8 Å². The Morgan fingerprint density at radius 2 is 2.20 bits per heavy atom. The highest BCUT2D eigenvalue weighted by molar-refractivity contribution is 9.10. The molecule has 0 fully saturated rings. The highest BCUT2D eigenvalue weighted by Crippen LogP contribution is 2.15. The Morgan fingerprint density at radius 1 is 1.70 bits per heavy atom.